The fraction of sp³-hybridized carbons (Fsp3) is 0.860. The van der Waals surface area contributed by atoms with E-state index in [1.807, 2.05) is 13.8 Å². The highest BCUT2D eigenvalue weighted by Gasteiger charge is 2.71. The molecular formula is C50H74F2N2O13. The highest BCUT2D eigenvalue weighted by atomic mass is 19.1. The lowest BCUT2D eigenvalue weighted by molar-refractivity contribution is -0.199. The van der Waals surface area contributed by atoms with Gasteiger partial charge < -0.3 is 28.8 Å². The van der Waals surface area contributed by atoms with Crippen LogP contribution in [0.1, 0.15) is 165 Å². The number of nitrogens with zero attached hydrogens (tertiary/aromatic N) is 2. The van der Waals surface area contributed by atoms with Gasteiger partial charge in [-0.05, 0) is 126 Å². The third-order valence-corrected chi connectivity index (χ3v) is 18.6. The van der Waals surface area contributed by atoms with Gasteiger partial charge in [0.2, 0.25) is 0 Å². The number of ether oxygens (including phenoxy) is 5. The summed E-state index contributed by atoms with van der Waals surface area (Å²) < 4.78 is 57.6. The average molecular weight is 949 g/mol. The monoisotopic (exact) mass is 949 g/mol. The molecule has 16 atom stereocenters. The quantitative estimate of drug-likeness (QED) is 0.155. The number of halogens is 2. The van der Waals surface area contributed by atoms with Crippen LogP contribution in [0.2, 0.25) is 0 Å². The van der Waals surface area contributed by atoms with E-state index in [0.29, 0.717) is 31.6 Å². The third-order valence-electron chi connectivity index (χ3n) is 18.6. The van der Waals surface area contributed by atoms with Crippen molar-refractivity contribution < 1.29 is 71.1 Å². The lowest BCUT2D eigenvalue weighted by Gasteiger charge is -2.61. The summed E-state index contributed by atoms with van der Waals surface area (Å²) in [7, 11) is 0. The normalized spacial score (nSPS) is 43.6. The SMILES string of the molecule is CC(=O)O[C@@H]1CC[C@]2(C)C3CC[C@@]4(C)C(CC[C@@H]4OC(C)=O)[C@@H]3CC(=O)[C@@]2(F)C1.CC(=O)O[C@H]1CCC2[C@@H]3CC(=O)[C@@]4(F)C[C@@H](O)CC[C@]4(C)C3CC[C@@]21C.CCOC(=O)N=NC(=O)OCC. The second kappa shape index (κ2) is 19.8. The van der Waals surface area contributed by atoms with E-state index in [-0.39, 0.29) is 115 Å². The van der Waals surface area contributed by atoms with Crippen LogP contribution in [-0.4, -0.2) is 95.7 Å². The lowest BCUT2D eigenvalue weighted by atomic mass is 9.43. The minimum absolute atomic E-state index is 0.0108. The van der Waals surface area contributed by atoms with Crippen molar-refractivity contribution in [2.75, 3.05) is 13.2 Å². The van der Waals surface area contributed by atoms with Gasteiger partial charge in [-0.25, -0.2) is 18.4 Å². The Morgan fingerprint density at radius 3 is 1.37 bits per heavy atom. The number of azo groups is 1. The molecule has 376 valence electrons. The highest BCUT2D eigenvalue weighted by Crippen LogP contribution is 2.69. The molecule has 0 aromatic rings. The summed E-state index contributed by atoms with van der Waals surface area (Å²) in [4.78, 5) is 81.5. The summed E-state index contributed by atoms with van der Waals surface area (Å²) in [5.41, 5.74) is -5.43. The van der Waals surface area contributed by atoms with Crippen molar-refractivity contribution >= 4 is 41.7 Å². The molecule has 0 aromatic carbocycles. The van der Waals surface area contributed by atoms with Gasteiger partial charge in [0.1, 0.15) is 18.3 Å². The smallest absolute Gasteiger partial charge is 0.452 e. The molecule has 0 radical (unpaired) electrons. The van der Waals surface area contributed by atoms with Crippen LogP contribution in [0.25, 0.3) is 0 Å². The maximum atomic E-state index is 16.3. The van der Waals surface area contributed by atoms with E-state index >= 15 is 8.78 Å². The molecule has 0 aliphatic heterocycles. The third kappa shape index (κ3) is 9.57. The number of ketones is 2. The van der Waals surface area contributed by atoms with Crippen molar-refractivity contribution in [3.05, 3.63) is 0 Å². The first kappa shape index (κ1) is 52.5. The van der Waals surface area contributed by atoms with Crippen molar-refractivity contribution in [1.29, 1.82) is 0 Å². The number of hydrogen-bond donors (Lipinski definition) is 1. The zero-order valence-corrected chi connectivity index (χ0v) is 41.0. The fourth-order valence-electron chi connectivity index (χ4n) is 15.3. The Morgan fingerprint density at radius 1 is 0.567 bits per heavy atom. The number of aliphatic hydroxyl groups is 1. The predicted octanol–water partition coefficient (Wildman–Crippen LogP) is 9.51. The van der Waals surface area contributed by atoms with Gasteiger partial charge in [0, 0.05) is 68.1 Å². The van der Waals surface area contributed by atoms with Gasteiger partial charge in [0.25, 0.3) is 0 Å². The second-order valence-corrected chi connectivity index (χ2v) is 21.9. The fourth-order valence-corrected chi connectivity index (χ4v) is 15.3. The summed E-state index contributed by atoms with van der Waals surface area (Å²) in [6, 6.07) is 0. The topological polar surface area (TPSA) is 211 Å². The Hall–Kier alpha value is -3.89. The number of fused-ring (bicyclic) bond motifs is 10. The highest BCUT2D eigenvalue weighted by molar-refractivity contribution is 5.90. The van der Waals surface area contributed by atoms with Crippen molar-refractivity contribution in [2.24, 2.45) is 67.4 Å². The number of aliphatic hydroxyl groups excluding tert-OH is 1. The molecule has 0 spiro atoms. The molecule has 0 bridgehead atoms. The maximum Gasteiger partial charge on any atom is 0.452 e. The molecule has 0 saturated heterocycles. The van der Waals surface area contributed by atoms with Crippen LogP contribution < -0.4 is 0 Å². The Bertz CT molecular complexity index is 1950. The van der Waals surface area contributed by atoms with Gasteiger partial charge in [0.05, 0.1) is 19.3 Å². The van der Waals surface area contributed by atoms with Crippen molar-refractivity contribution in [2.45, 2.75) is 201 Å². The van der Waals surface area contributed by atoms with Crippen LogP contribution in [0.4, 0.5) is 18.4 Å². The molecular weight excluding hydrogens is 875 g/mol. The molecule has 8 saturated carbocycles. The minimum atomic E-state index is -1.92. The van der Waals surface area contributed by atoms with Crippen molar-refractivity contribution in [1.82, 2.24) is 0 Å². The first-order valence-corrected chi connectivity index (χ1v) is 24.7. The Kier molecular flexibility index (Phi) is 15.5. The van der Waals surface area contributed by atoms with Crippen LogP contribution in [0.3, 0.4) is 0 Å². The second-order valence-electron chi connectivity index (χ2n) is 21.9. The van der Waals surface area contributed by atoms with Crippen LogP contribution in [0.5, 0.6) is 0 Å². The number of amides is 2. The molecule has 2 amide bonds. The van der Waals surface area contributed by atoms with E-state index in [1.54, 1.807) is 13.8 Å². The zero-order valence-electron chi connectivity index (χ0n) is 41.0. The molecule has 8 fully saturated rings. The maximum absolute atomic E-state index is 16.3. The van der Waals surface area contributed by atoms with E-state index in [9.17, 15) is 38.7 Å². The van der Waals surface area contributed by atoms with Gasteiger partial charge in [-0.15, -0.1) is 0 Å². The summed E-state index contributed by atoms with van der Waals surface area (Å²) in [5, 5.41) is 15.9. The number of esters is 3. The number of rotatable bonds is 5. The molecule has 8 aliphatic rings. The zero-order chi connectivity index (χ0) is 49.5. The van der Waals surface area contributed by atoms with E-state index in [0.717, 1.165) is 51.4 Å². The summed E-state index contributed by atoms with van der Waals surface area (Å²) in [5.74, 6) is -0.328. The lowest BCUT2D eigenvalue weighted by Crippen LogP contribution is -2.65. The van der Waals surface area contributed by atoms with Crippen LogP contribution >= 0.6 is 0 Å². The Labute approximate surface area is 393 Å². The molecule has 67 heavy (non-hydrogen) atoms. The Balaban J connectivity index is 0.000000180. The summed E-state index contributed by atoms with van der Waals surface area (Å²) >= 11 is 0. The van der Waals surface area contributed by atoms with Gasteiger partial charge in [-0.1, -0.05) is 37.9 Å². The molecule has 0 aromatic heterocycles. The van der Waals surface area contributed by atoms with Crippen molar-refractivity contribution in [3.8, 4) is 0 Å². The van der Waals surface area contributed by atoms with E-state index in [1.165, 1.54) is 20.8 Å². The molecule has 8 aliphatic carbocycles. The van der Waals surface area contributed by atoms with Gasteiger partial charge >= 0.3 is 30.1 Å². The molecule has 4 unspecified atom stereocenters. The van der Waals surface area contributed by atoms with E-state index in [4.69, 9.17) is 14.2 Å². The van der Waals surface area contributed by atoms with Crippen LogP contribution in [-0.2, 0) is 47.7 Å². The van der Waals surface area contributed by atoms with Gasteiger partial charge in [0.15, 0.2) is 22.9 Å². The first-order valence-electron chi connectivity index (χ1n) is 24.7. The molecule has 0 heterocycles. The summed E-state index contributed by atoms with van der Waals surface area (Å²) in [6.45, 7) is 16.2. The molecule has 17 heteroatoms. The van der Waals surface area contributed by atoms with Crippen LogP contribution in [0.15, 0.2) is 10.2 Å². The standard InChI is InChI=1S/C23H33FO5.C21H31FO4.C6H10N2O4/c1-13(25)28-15-7-10-22(4)18-8-9-21(3)17(5-6-20(21)29-14(2)26)16(18)11-19(27)23(22,24)12-15;1-12(23)26-18-5-4-15-14-10-17(25)21(22)11-13(24)6-9-20(21,3)16(14)7-8-19(15,18)2;1-3-11-5(9)7-8-6(10)12-4-2/h15-18,20H,5-12H2,1-4H3;13-16,18,24H,4-11H2,1-3H3;3-4H2,1-2H3/t15-,16+,17?,18?,20+,21+,22-,23+;13-,14-,15?,16?,18-,19-,20+,21-;/m10./s1. The number of Topliss-reactive ketones (excluding diaryl/α,β-unsaturated/α-hetero) is 2. The van der Waals surface area contributed by atoms with Gasteiger partial charge in [-0.3, -0.25) is 24.0 Å². The van der Waals surface area contributed by atoms with Gasteiger partial charge in [-0.2, -0.15) is 0 Å². The summed E-state index contributed by atoms with van der Waals surface area (Å²) in [6.07, 6.45) is 6.66. The van der Waals surface area contributed by atoms with E-state index < -0.39 is 52.5 Å². The average Bonchev–Trinajstić information content (AvgIpc) is 3.75. The number of alkyl halides is 2. The Morgan fingerprint density at radius 2 is 0.970 bits per heavy atom. The number of carbonyl (C=O) groups is 7. The minimum Gasteiger partial charge on any atom is -0.462 e. The number of hydrogen-bond acceptors (Lipinski definition) is 13. The molecule has 1 N–H and O–H groups in total. The predicted molar refractivity (Wildman–Crippen MR) is 237 cm³/mol. The van der Waals surface area contributed by atoms with Crippen molar-refractivity contribution in [3.63, 3.8) is 0 Å². The first-order chi connectivity index (χ1) is 31.3. The largest absolute Gasteiger partial charge is 0.462 e. The van der Waals surface area contributed by atoms with Crippen LogP contribution in [0, 0.1) is 57.2 Å². The number of carbonyl (C=O) groups excluding carboxylic acids is 7. The van der Waals surface area contributed by atoms with E-state index in [2.05, 4.69) is 33.5 Å². The molecule has 15 nitrogen and oxygen atoms in total. The molecule has 8 rings (SSSR count).